The SMILES string of the molecule is CCO[Si](OCC)C12CC(C)C(CC1(C)C(=O)O[Si](C)(C)C(C)(C)C)C2. The average molecular weight is 400 g/mol. The molecule has 1 radical (unpaired) electrons. The summed E-state index contributed by atoms with van der Waals surface area (Å²) in [7, 11) is -3.70. The fourth-order valence-electron chi connectivity index (χ4n) is 4.64. The zero-order valence-corrected chi connectivity index (χ0v) is 20.3. The summed E-state index contributed by atoms with van der Waals surface area (Å²) in [6, 6.07) is 0. The Labute approximate surface area is 163 Å². The van der Waals surface area contributed by atoms with Crippen LogP contribution in [0.15, 0.2) is 0 Å². The molecule has 151 valence electrons. The van der Waals surface area contributed by atoms with E-state index in [9.17, 15) is 4.79 Å². The minimum absolute atomic E-state index is 0.000368. The molecular formula is C20H39O4Si2. The molecule has 2 bridgehead atoms. The molecule has 2 aliphatic rings. The van der Waals surface area contributed by atoms with Crippen molar-refractivity contribution in [3.8, 4) is 0 Å². The quantitative estimate of drug-likeness (QED) is 0.545. The first-order valence-electron chi connectivity index (χ1n) is 10.2. The predicted molar refractivity (Wildman–Crippen MR) is 110 cm³/mol. The van der Waals surface area contributed by atoms with Crippen molar-refractivity contribution in [3.05, 3.63) is 0 Å². The van der Waals surface area contributed by atoms with Gasteiger partial charge in [0.1, 0.15) is 0 Å². The third-order valence-electron chi connectivity index (χ3n) is 7.36. The molecule has 0 amide bonds. The van der Waals surface area contributed by atoms with E-state index in [0.29, 0.717) is 25.0 Å². The van der Waals surface area contributed by atoms with Gasteiger partial charge in [0.25, 0.3) is 14.3 Å². The Kier molecular flexibility index (Phi) is 6.24. The van der Waals surface area contributed by atoms with Gasteiger partial charge in [0, 0.05) is 18.3 Å². The summed E-state index contributed by atoms with van der Waals surface area (Å²) in [4.78, 5) is 13.6. The molecule has 0 aromatic rings. The molecule has 0 aromatic carbocycles. The molecule has 0 aromatic heterocycles. The molecule has 4 unspecified atom stereocenters. The van der Waals surface area contributed by atoms with Crippen molar-refractivity contribution in [1.82, 2.24) is 0 Å². The Morgan fingerprint density at radius 3 is 2.08 bits per heavy atom. The van der Waals surface area contributed by atoms with E-state index < -0.39 is 23.0 Å². The summed E-state index contributed by atoms with van der Waals surface area (Å²) < 4.78 is 18.6. The highest BCUT2D eigenvalue weighted by molar-refractivity contribution is 6.75. The average Bonchev–Trinajstić information content (AvgIpc) is 2.98. The smallest absolute Gasteiger partial charge is 0.392 e. The number of hydrogen-bond donors (Lipinski definition) is 0. The number of carbonyl (C=O) groups is 1. The lowest BCUT2D eigenvalue weighted by molar-refractivity contribution is -0.150. The molecular weight excluding hydrogens is 360 g/mol. The van der Waals surface area contributed by atoms with Crippen molar-refractivity contribution in [2.24, 2.45) is 17.3 Å². The maximum absolute atomic E-state index is 13.6. The van der Waals surface area contributed by atoms with E-state index in [1.54, 1.807) is 0 Å². The van der Waals surface area contributed by atoms with Gasteiger partial charge >= 0.3 is 9.28 Å². The van der Waals surface area contributed by atoms with Gasteiger partial charge in [-0.15, -0.1) is 0 Å². The van der Waals surface area contributed by atoms with Gasteiger partial charge in [0.2, 0.25) is 0 Å². The Hall–Kier alpha value is -0.176. The lowest BCUT2D eigenvalue weighted by Crippen LogP contribution is -2.54. The van der Waals surface area contributed by atoms with Crippen LogP contribution in [-0.2, 0) is 18.1 Å². The third kappa shape index (κ3) is 3.47. The lowest BCUT2D eigenvalue weighted by Gasteiger charge is -2.47. The number of carbonyl (C=O) groups excluding carboxylic acids is 1. The molecule has 2 fully saturated rings. The Morgan fingerprint density at radius 1 is 1.12 bits per heavy atom. The minimum atomic E-state index is -2.15. The summed E-state index contributed by atoms with van der Waals surface area (Å²) in [5.41, 5.74) is -0.488. The highest BCUT2D eigenvalue weighted by atomic mass is 28.4. The van der Waals surface area contributed by atoms with E-state index in [1.807, 2.05) is 13.8 Å². The zero-order valence-electron chi connectivity index (χ0n) is 18.3. The van der Waals surface area contributed by atoms with Crippen LogP contribution in [0.5, 0.6) is 0 Å². The molecule has 0 heterocycles. The number of hydrogen-bond acceptors (Lipinski definition) is 4. The largest absolute Gasteiger partial charge is 0.519 e. The summed E-state index contributed by atoms with van der Waals surface area (Å²) >= 11 is 0. The van der Waals surface area contributed by atoms with Crippen molar-refractivity contribution in [1.29, 1.82) is 0 Å². The first-order chi connectivity index (χ1) is 11.8. The maximum Gasteiger partial charge on any atom is 0.392 e. The molecule has 4 nitrogen and oxygen atoms in total. The summed E-state index contributed by atoms with van der Waals surface area (Å²) in [5.74, 6) is 1.21. The van der Waals surface area contributed by atoms with Crippen molar-refractivity contribution >= 4 is 23.6 Å². The fraction of sp³-hybridized carbons (Fsp3) is 0.950. The minimum Gasteiger partial charge on any atom is -0.519 e. The van der Waals surface area contributed by atoms with Crippen LogP contribution in [-0.4, -0.2) is 36.8 Å². The zero-order chi connectivity index (χ0) is 20.0. The molecule has 26 heavy (non-hydrogen) atoms. The van der Waals surface area contributed by atoms with Crippen molar-refractivity contribution in [2.45, 2.75) is 90.9 Å². The molecule has 0 saturated heterocycles. The second kappa shape index (κ2) is 7.34. The normalized spacial score (nSPS) is 34.5. The van der Waals surface area contributed by atoms with E-state index in [4.69, 9.17) is 13.3 Å². The third-order valence-corrected chi connectivity index (χ3v) is 14.5. The molecule has 0 N–H and O–H groups in total. The van der Waals surface area contributed by atoms with Gasteiger partial charge in [0.15, 0.2) is 0 Å². The van der Waals surface area contributed by atoms with Gasteiger partial charge in [-0.1, -0.05) is 27.7 Å². The van der Waals surface area contributed by atoms with Gasteiger partial charge < -0.3 is 13.3 Å². The maximum atomic E-state index is 13.6. The lowest BCUT2D eigenvalue weighted by atomic mass is 9.71. The monoisotopic (exact) mass is 399 g/mol. The Bertz CT molecular complexity index is 520. The highest BCUT2D eigenvalue weighted by Crippen LogP contribution is 2.73. The van der Waals surface area contributed by atoms with Crippen molar-refractivity contribution in [2.75, 3.05) is 13.2 Å². The first-order valence-corrected chi connectivity index (χ1v) is 14.4. The topological polar surface area (TPSA) is 44.8 Å². The van der Waals surface area contributed by atoms with Gasteiger partial charge in [-0.3, -0.25) is 4.79 Å². The van der Waals surface area contributed by atoms with Crippen molar-refractivity contribution < 1.29 is 18.1 Å². The number of rotatable bonds is 7. The van der Waals surface area contributed by atoms with E-state index in [1.165, 1.54) is 0 Å². The second-order valence-electron chi connectivity index (χ2n) is 10.1. The Balaban J connectivity index is 2.37. The molecule has 4 atom stereocenters. The van der Waals surface area contributed by atoms with Crippen molar-refractivity contribution in [3.63, 3.8) is 0 Å². The van der Waals surface area contributed by atoms with E-state index in [-0.39, 0.29) is 16.0 Å². The summed E-state index contributed by atoms with van der Waals surface area (Å²) in [5, 5.41) is -0.155. The van der Waals surface area contributed by atoms with Crippen LogP contribution >= 0.6 is 0 Å². The van der Waals surface area contributed by atoms with E-state index in [0.717, 1.165) is 19.3 Å². The van der Waals surface area contributed by atoms with Gasteiger partial charge in [0.05, 0.1) is 5.41 Å². The Morgan fingerprint density at radius 2 is 1.65 bits per heavy atom. The molecule has 2 saturated carbocycles. The van der Waals surface area contributed by atoms with Crippen LogP contribution < -0.4 is 0 Å². The molecule has 0 spiro atoms. The van der Waals surface area contributed by atoms with Crippen LogP contribution in [0.4, 0.5) is 0 Å². The van der Waals surface area contributed by atoms with Crippen LogP contribution in [0.3, 0.4) is 0 Å². The highest BCUT2D eigenvalue weighted by Gasteiger charge is 2.71. The van der Waals surface area contributed by atoms with Gasteiger partial charge in [-0.25, -0.2) is 0 Å². The molecule has 0 aliphatic heterocycles. The molecule has 2 rings (SSSR count). The van der Waals surface area contributed by atoms with Crippen LogP contribution in [0, 0.1) is 17.3 Å². The van der Waals surface area contributed by atoms with Crippen LogP contribution in [0.25, 0.3) is 0 Å². The van der Waals surface area contributed by atoms with Gasteiger partial charge in [-0.2, -0.15) is 0 Å². The molecule has 6 heteroatoms. The van der Waals surface area contributed by atoms with Crippen LogP contribution in [0.2, 0.25) is 23.2 Å². The van der Waals surface area contributed by atoms with E-state index in [2.05, 4.69) is 47.7 Å². The van der Waals surface area contributed by atoms with Gasteiger partial charge in [-0.05, 0) is 70.0 Å². The van der Waals surface area contributed by atoms with Crippen LogP contribution in [0.1, 0.15) is 67.7 Å². The second-order valence-corrected chi connectivity index (χ2v) is 16.9. The number of fused-ring (bicyclic) bond motifs is 2. The molecule has 2 aliphatic carbocycles. The summed E-state index contributed by atoms with van der Waals surface area (Å²) in [6.45, 7) is 20.7. The summed E-state index contributed by atoms with van der Waals surface area (Å²) in [6.07, 6.45) is 2.98. The first kappa shape index (κ1) is 22.1. The predicted octanol–water partition coefficient (Wildman–Crippen LogP) is 5.29. The standard InChI is InChI=1S/C20H39O4Si2/c1-10-22-25(23-11-2)20-12-15(3)16(14-20)13-19(20,7)17(21)24-26(8,9)18(4,5)6/h15-16H,10-14H2,1-9H3. The van der Waals surface area contributed by atoms with E-state index >= 15 is 0 Å². The fourth-order valence-corrected chi connectivity index (χ4v) is 8.37.